The second-order valence-electron chi connectivity index (χ2n) is 9.11. The molecule has 1 saturated heterocycles. The van der Waals surface area contributed by atoms with E-state index in [1.54, 1.807) is 16.4 Å². The van der Waals surface area contributed by atoms with E-state index in [9.17, 15) is 8.42 Å². The van der Waals surface area contributed by atoms with Crippen LogP contribution in [0.4, 0.5) is 5.69 Å². The Hall–Kier alpha value is -2.63. The number of likely N-dealkylation sites (N-methyl/N-ethyl adjacent to an activating group) is 1. The molecule has 0 spiro atoms. The summed E-state index contributed by atoms with van der Waals surface area (Å²) in [4.78, 5) is 2.51. The van der Waals surface area contributed by atoms with Crippen LogP contribution >= 0.6 is 0 Å². The average molecular weight is 433 g/mol. The molecule has 0 radical (unpaired) electrons. The zero-order chi connectivity index (χ0) is 22.0. The summed E-state index contributed by atoms with van der Waals surface area (Å²) in [5.74, 6) is 0.0324. The Morgan fingerprint density at radius 1 is 0.871 bits per heavy atom. The van der Waals surface area contributed by atoms with Gasteiger partial charge in [0.25, 0.3) is 0 Å². The standard InChI is InChI=1S/C26H28N2O2S/c1-19-14-16-21(17-15-19)31(29,30)28-18-23(20-10-6-5-7-11-20)25(2)22-12-8-9-13-24(22)27(4)26(25,28)3/h5-17,23H,18H2,1-4H3/t23-,25+,26-/m0/s1. The van der Waals surface area contributed by atoms with E-state index in [1.165, 1.54) is 11.1 Å². The zero-order valence-corrected chi connectivity index (χ0v) is 19.2. The Labute approximate surface area is 185 Å². The summed E-state index contributed by atoms with van der Waals surface area (Å²) in [5, 5.41) is 0. The number of para-hydroxylation sites is 1. The molecule has 2 aliphatic rings. The van der Waals surface area contributed by atoms with Crippen molar-refractivity contribution in [3.8, 4) is 0 Å². The van der Waals surface area contributed by atoms with Gasteiger partial charge in [0.2, 0.25) is 10.0 Å². The van der Waals surface area contributed by atoms with Crippen LogP contribution in [0.2, 0.25) is 0 Å². The molecule has 2 aliphatic heterocycles. The molecule has 0 amide bonds. The molecule has 4 nitrogen and oxygen atoms in total. The Morgan fingerprint density at radius 3 is 2.16 bits per heavy atom. The highest BCUT2D eigenvalue weighted by molar-refractivity contribution is 7.89. The van der Waals surface area contributed by atoms with Crippen molar-refractivity contribution >= 4 is 15.7 Å². The van der Waals surface area contributed by atoms with Gasteiger partial charge in [-0.25, -0.2) is 8.42 Å². The fraction of sp³-hybridized carbons (Fsp3) is 0.308. The number of nitrogens with zero attached hydrogens (tertiary/aromatic N) is 2. The van der Waals surface area contributed by atoms with E-state index in [-0.39, 0.29) is 5.92 Å². The van der Waals surface area contributed by atoms with E-state index in [1.807, 2.05) is 50.4 Å². The fourth-order valence-electron chi connectivity index (χ4n) is 5.81. The number of anilines is 1. The van der Waals surface area contributed by atoms with Gasteiger partial charge in [0.15, 0.2) is 0 Å². The highest BCUT2D eigenvalue weighted by Crippen LogP contribution is 2.63. The highest BCUT2D eigenvalue weighted by atomic mass is 32.2. The van der Waals surface area contributed by atoms with Crippen LogP contribution in [0.25, 0.3) is 0 Å². The van der Waals surface area contributed by atoms with Crippen LogP contribution in [0, 0.1) is 6.92 Å². The summed E-state index contributed by atoms with van der Waals surface area (Å²) in [6.07, 6.45) is 0. The van der Waals surface area contributed by atoms with Gasteiger partial charge in [-0.15, -0.1) is 0 Å². The molecule has 1 fully saturated rings. The van der Waals surface area contributed by atoms with Crippen molar-refractivity contribution in [2.24, 2.45) is 0 Å². The third-order valence-corrected chi connectivity index (χ3v) is 9.76. The summed E-state index contributed by atoms with van der Waals surface area (Å²) in [7, 11) is -1.68. The van der Waals surface area contributed by atoms with Crippen LogP contribution in [0.3, 0.4) is 0 Å². The van der Waals surface area contributed by atoms with Crippen molar-refractivity contribution in [3.05, 3.63) is 95.6 Å². The minimum absolute atomic E-state index is 0.0324. The SMILES string of the molecule is Cc1ccc(S(=O)(=O)N2C[C@@H](c3ccccc3)[C@@]3(C)c4ccccc4N(C)[C@@]23C)cc1. The zero-order valence-electron chi connectivity index (χ0n) is 18.4. The Morgan fingerprint density at radius 2 is 1.48 bits per heavy atom. The first-order valence-electron chi connectivity index (χ1n) is 10.7. The van der Waals surface area contributed by atoms with Gasteiger partial charge in [-0.3, -0.25) is 0 Å². The molecule has 3 atom stereocenters. The first-order valence-corrected chi connectivity index (χ1v) is 12.1. The Bertz CT molecular complexity index is 1240. The summed E-state index contributed by atoms with van der Waals surface area (Å²) < 4.78 is 29.8. The summed E-state index contributed by atoms with van der Waals surface area (Å²) in [6, 6.07) is 25.9. The molecule has 0 aromatic heterocycles. The lowest BCUT2D eigenvalue weighted by Crippen LogP contribution is -2.61. The minimum Gasteiger partial charge on any atom is -0.354 e. The quantitative estimate of drug-likeness (QED) is 0.591. The summed E-state index contributed by atoms with van der Waals surface area (Å²) in [6.45, 7) is 6.72. The molecule has 0 bridgehead atoms. The predicted molar refractivity (Wildman–Crippen MR) is 125 cm³/mol. The van der Waals surface area contributed by atoms with Gasteiger partial charge in [-0.05, 0) is 43.2 Å². The van der Waals surface area contributed by atoms with Gasteiger partial charge in [0.1, 0.15) is 5.66 Å². The number of rotatable bonds is 3. The van der Waals surface area contributed by atoms with Crippen LogP contribution in [0.1, 0.15) is 36.5 Å². The number of hydrogen-bond acceptors (Lipinski definition) is 3. The first kappa shape index (κ1) is 20.3. The molecular formula is C26H28N2O2S. The van der Waals surface area contributed by atoms with E-state index in [4.69, 9.17) is 0 Å². The average Bonchev–Trinajstić information content (AvgIpc) is 3.12. The third kappa shape index (κ3) is 2.53. The van der Waals surface area contributed by atoms with E-state index >= 15 is 0 Å². The minimum atomic E-state index is -3.71. The van der Waals surface area contributed by atoms with Gasteiger partial charge in [-0.1, -0.05) is 73.2 Å². The maximum atomic E-state index is 14.0. The molecule has 31 heavy (non-hydrogen) atoms. The second kappa shape index (κ2) is 6.68. The topological polar surface area (TPSA) is 40.6 Å². The summed E-state index contributed by atoms with van der Waals surface area (Å²) in [5.41, 5.74) is 3.37. The molecule has 5 heteroatoms. The van der Waals surface area contributed by atoms with Gasteiger partial charge in [0.05, 0.1) is 4.90 Å². The lowest BCUT2D eigenvalue weighted by molar-refractivity contribution is 0.197. The van der Waals surface area contributed by atoms with E-state index in [0.29, 0.717) is 11.4 Å². The van der Waals surface area contributed by atoms with Crippen LogP contribution < -0.4 is 4.90 Å². The highest BCUT2D eigenvalue weighted by Gasteiger charge is 2.69. The molecule has 0 unspecified atom stereocenters. The monoisotopic (exact) mass is 432 g/mol. The number of benzene rings is 3. The lowest BCUT2D eigenvalue weighted by Gasteiger charge is -2.46. The van der Waals surface area contributed by atoms with Gasteiger partial charge in [-0.2, -0.15) is 4.31 Å². The van der Waals surface area contributed by atoms with Gasteiger partial charge >= 0.3 is 0 Å². The molecule has 3 aromatic carbocycles. The van der Waals surface area contributed by atoms with Crippen LogP contribution in [-0.2, 0) is 15.4 Å². The third-order valence-electron chi connectivity index (χ3n) is 7.80. The first-order chi connectivity index (χ1) is 14.7. The molecule has 0 aliphatic carbocycles. The van der Waals surface area contributed by atoms with E-state index < -0.39 is 21.1 Å². The number of aryl methyl sites for hydroxylation is 1. The van der Waals surface area contributed by atoms with Crippen molar-refractivity contribution in [1.29, 1.82) is 0 Å². The molecule has 0 saturated carbocycles. The lowest BCUT2D eigenvalue weighted by atomic mass is 9.67. The number of hydrogen-bond donors (Lipinski definition) is 0. The second-order valence-corrected chi connectivity index (χ2v) is 11.0. The van der Waals surface area contributed by atoms with E-state index in [0.717, 1.165) is 11.3 Å². The number of sulfonamides is 1. The maximum absolute atomic E-state index is 14.0. The van der Waals surface area contributed by atoms with Crippen molar-refractivity contribution in [2.75, 3.05) is 18.5 Å². The predicted octanol–water partition coefficient (Wildman–Crippen LogP) is 4.91. The Kier molecular flexibility index (Phi) is 4.37. The molecule has 3 aromatic rings. The van der Waals surface area contributed by atoms with Gasteiger partial charge in [0, 0.05) is 30.6 Å². The van der Waals surface area contributed by atoms with Crippen LogP contribution in [0.15, 0.2) is 83.8 Å². The van der Waals surface area contributed by atoms with Crippen molar-refractivity contribution < 1.29 is 8.42 Å². The van der Waals surface area contributed by atoms with E-state index in [2.05, 4.69) is 49.1 Å². The smallest absolute Gasteiger partial charge is 0.245 e. The van der Waals surface area contributed by atoms with Crippen molar-refractivity contribution in [2.45, 2.75) is 42.7 Å². The van der Waals surface area contributed by atoms with Crippen LogP contribution in [0.5, 0.6) is 0 Å². The largest absolute Gasteiger partial charge is 0.354 e. The van der Waals surface area contributed by atoms with Crippen LogP contribution in [-0.4, -0.2) is 32.0 Å². The normalized spacial score (nSPS) is 27.9. The molecule has 160 valence electrons. The molecule has 2 heterocycles. The van der Waals surface area contributed by atoms with Crippen molar-refractivity contribution in [1.82, 2.24) is 4.31 Å². The summed E-state index contributed by atoms with van der Waals surface area (Å²) >= 11 is 0. The Balaban J connectivity index is 1.75. The maximum Gasteiger partial charge on any atom is 0.245 e. The number of fused-ring (bicyclic) bond motifs is 3. The molecular weight excluding hydrogens is 404 g/mol. The molecule has 0 N–H and O–H groups in total. The van der Waals surface area contributed by atoms with Gasteiger partial charge < -0.3 is 4.90 Å². The fourth-order valence-corrected chi connectivity index (χ4v) is 7.67. The molecule has 5 rings (SSSR count). The van der Waals surface area contributed by atoms with Crippen molar-refractivity contribution in [3.63, 3.8) is 0 Å².